The second-order valence-electron chi connectivity index (χ2n) is 5.76. The summed E-state index contributed by atoms with van der Waals surface area (Å²) in [6.45, 7) is 5.80. The minimum atomic E-state index is 0.543. The lowest BCUT2D eigenvalue weighted by atomic mass is 10.0. The van der Waals surface area contributed by atoms with Crippen molar-refractivity contribution in [1.29, 1.82) is 0 Å². The fourth-order valence-corrected chi connectivity index (χ4v) is 2.68. The summed E-state index contributed by atoms with van der Waals surface area (Å²) in [7, 11) is 0. The Bertz CT molecular complexity index is 739. The van der Waals surface area contributed by atoms with Crippen LogP contribution in [0.3, 0.4) is 0 Å². The Morgan fingerprint density at radius 3 is 2.57 bits per heavy atom. The largest absolute Gasteiger partial charge is 0.328 e. The van der Waals surface area contributed by atoms with Crippen LogP contribution in [0.1, 0.15) is 36.5 Å². The normalized spacial score (nSPS) is 11.4. The van der Waals surface area contributed by atoms with Crippen molar-refractivity contribution in [2.45, 2.75) is 32.9 Å². The molecule has 0 aliphatic rings. The first kappa shape index (κ1) is 13.8. The fraction of sp³-hybridized carbons (Fsp3) is 0.278. The molecule has 21 heavy (non-hydrogen) atoms. The van der Waals surface area contributed by atoms with Crippen LogP contribution < -0.4 is 5.73 Å². The number of rotatable bonds is 4. The molecular weight excluding hydrogens is 258 g/mol. The Balaban J connectivity index is 1.94. The molecule has 0 saturated heterocycles. The first-order chi connectivity index (χ1) is 10.2. The van der Waals surface area contributed by atoms with Crippen LogP contribution in [0.2, 0.25) is 0 Å². The number of fused-ring (bicyclic) bond motifs is 1. The van der Waals surface area contributed by atoms with Gasteiger partial charge in [-0.05, 0) is 34.7 Å². The quantitative estimate of drug-likeness (QED) is 0.792. The summed E-state index contributed by atoms with van der Waals surface area (Å²) in [5.41, 5.74) is 10.6. The Hall–Kier alpha value is -2.13. The van der Waals surface area contributed by atoms with Crippen molar-refractivity contribution in [2.75, 3.05) is 0 Å². The maximum atomic E-state index is 5.83. The van der Waals surface area contributed by atoms with Gasteiger partial charge in [-0.3, -0.25) is 0 Å². The number of nitrogens with zero attached hydrogens (tertiary/aromatic N) is 2. The molecule has 1 aromatic carbocycles. The van der Waals surface area contributed by atoms with E-state index in [-0.39, 0.29) is 0 Å². The van der Waals surface area contributed by atoms with Gasteiger partial charge in [0.05, 0.1) is 0 Å². The summed E-state index contributed by atoms with van der Waals surface area (Å²) in [4.78, 5) is 4.50. The van der Waals surface area contributed by atoms with Gasteiger partial charge in [-0.15, -0.1) is 0 Å². The molecule has 2 heterocycles. The highest BCUT2D eigenvalue weighted by atomic mass is 15.0. The molecule has 0 fully saturated rings. The molecule has 0 amide bonds. The van der Waals surface area contributed by atoms with Gasteiger partial charge in [0.2, 0.25) is 0 Å². The van der Waals surface area contributed by atoms with Crippen LogP contribution in [-0.2, 0) is 13.1 Å². The number of benzene rings is 1. The molecule has 0 saturated carbocycles. The zero-order valence-electron chi connectivity index (χ0n) is 12.6. The lowest BCUT2D eigenvalue weighted by molar-refractivity contribution is 0.814. The number of aromatic nitrogens is 2. The van der Waals surface area contributed by atoms with Crippen molar-refractivity contribution in [2.24, 2.45) is 5.73 Å². The molecule has 108 valence electrons. The molecule has 0 aliphatic heterocycles. The predicted molar refractivity (Wildman–Crippen MR) is 87.3 cm³/mol. The predicted octanol–water partition coefficient (Wildman–Crippen LogP) is 3.67. The van der Waals surface area contributed by atoms with Crippen LogP contribution in [0.25, 0.3) is 11.0 Å². The van der Waals surface area contributed by atoms with Gasteiger partial charge < -0.3 is 10.3 Å². The van der Waals surface area contributed by atoms with Crippen molar-refractivity contribution in [3.05, 3.63) is 65.5 Å². The minimum Gasteiger partial charge on any atom is -0.328 e. The first-order valence-corrected chi connectivity index (χ1v) is 7.40. The molecular formula is C18H21N3. The van der Waals surface area contributed by atoms with Crippen molar-refractivity contribution in [3.8, 4) is 0 Å². The molecule has 0 radical (unpaired) electrons. The molecule has 0 atom stereocenters. The Morgan fingerprint density at radius 1 is 1.14 bits per heavy atom. The number of hydrogen-bond donors (Lipinski definition) is 1. The average molecular weight is 279 g/mol. The lowest BCUT2D eigenvalue weighted by Gasteiger charge is -2.08. The van der Waals surface area contributed by atoms with Crippen molar-refractivity contribution >= 4 is 11.0 Å². The van der Waals surface area contributed by atoms with E-state index < -0.39 is 0 Å². The van der Waals surface area contributed by atoms with Gasteiger partial charge in [-0.1, -0.05) is 38.1 Å². The number of hydrogen-bond acceptors (Lipinski definition) is 2. The molecule has 2 aromatic heterocycles. The Labute approximate surface area is 125 Å². The van der Waals surface area contributed by atoms with Gasteiger partial charge in [0.25, 0.3) is 0 Å². The molecule has 3 rings (SSSR count). The molecule has 3 nitrogen and oxygen atoms in total. The lowest BCUT2D eigenvalue weighted by Crippen LogP contribution is -2.00. The van der Waals surface area contributed by atoms with Crippen LogP contribution >= 0.6 is 0 Å². The van der Waals surface area contributed by atoms with E-state index in [0.29, 0.717) is 12.5 Å². The van der Waals surface area contributed by atoms with Crippen molar-refractivity contribution in [1.82, 2.24) is 9.55 Å². The van der Waals surface area contributed by atoms with Crippen LogP contribution in [0.5, 0.6) is 0 Å². The van der Waals surface area contributed by atoms with E-state index in [2.05, 4.69) is 59.9 Å². The molecule has 3 heteroatoms. The van der Waals surface area contributed by atoms with E-state index >= 15 is 0 Å². The number of nitrogens with two attached hydrogens (primary N) is 1. The van der Waals surface area contributed by atoms with E-state index in [1.54, 1.807) is 0 Å². The minimum absolute atomic E-state index is 0.543. The van der Waals surface area contributed by atoms with Crippen LogP contribution in [0, 0.1) is 0 Å². The van der Waals surface area contributed by atoms with Gasteiger partial charge in [0.1, 0.15) is 5.65 Å². The summed E-state index contributed by atoms with van der Waals surface area (Å²) in [5, 5.41) is 1.15. The zero-order valence-corrected chi connectivity index (χ0v) is 12.6. The SMILES string of the molecule is CC(C)c1ccc(Cn2cc(CN)c3cccnc32)cc1. The fourth-order valence-electron chi connectivity index (χ4n) is 2.68. The number of pyridine rings is 1. The smallest absolute Gasteiger partial charge is 0.140 e. The van der Waals surface area contributed by atoms with Crippen molar-refractivity contribution < 1.29 is 0 Å². The summed E-state index contributed by atoms with van der Waals surface area (Å²) < 4.78 is 2.18. The monoisotopic (exact) mass is 279 g/mol. The van der Waals surface area contributed by atoms with E-state index in [1.165, 1.54) is 11.1 Å². The van der Waals surface area contributed by atoms with Crippen LogP contribution in [0.4, 0.5) is 0 Å². The highest BCUT2D eigenvalue weighted by Gasteiger charge is 2.08. The standard InChI is InChI=1S/C18H21N3/c1-13(2)15-7-5-14(6-8-15)11-21-12-16(10-19)17-4-3-9-20-18(17)21/h3-9,12-13H,10-11,19H2,1-2H3. The molecule has 0 bridgehead atoms. The third-order valence-electron chi connectivity index (χ3n) is 3.94. The molecule has 0 unspecified atom stereocenters. The second kappa shape index (κ2) is 5.70. The zero-order chi connectivity index (χ0) is 14.8. The average Bonchev–Trinajstić information content (AvgIpc) is 2.86. The van der Waals surface area contributed by atoms with E-state index in [1.807, 2.05) is 12.3 Å². The summed E-state index contributed by atoms with van der Waals surface area (Å²) in [5.74, 6) is 0.567. The third kappa shape index (κ3) is 2.69. The molecule has 2 N–H and O–H groups in total. The van der Waals surface area contributed by atoms with E-state index in [4.69, 9.17) is 5.73 Å². The Kier molecular flexibility index (Phi) is 3.76. The highest BCUT2D eigenvalue weighted by molar-refractivity contribution is 5.80. The Morgan fingerprint density at radius 2 is 1.90 bits per heavy atom. The topological polar surface area (TPSA) is 43.8 Å². The van der Waals surface area contributed by atoms with Gasteiger partial charge in [-0.25, -0.2) is 4.98 Å². The highest BCUT2D eigenvalue weighted by Crippen LogP contribution is 2.21. The van der Waals surface area contributed by atoms with Crippen LogP contribution in [-0.4, -0.2) is 9.55 Å². The summed E-state index contributed by atoms with van der Waals surface area (Å²) in [6.07, 6.45) is 3.95. The van der Waals surface area contributed by atoms with Gasteiger partial charge in [0.15, 0.2) is 0 Å². The van der Waals surface area contributed by atoms with Crippen molar-refractivity contribution in [3.63, 3.8) is 0 Å². The maximum Gasteiger partial charge on any atom is 0.140 e. The van der Waals surface area contributed by atoms with Gasteiger partial charge >= 0.3 is 0 Å². The van der Waals surface area contributed by atoms with E-state index in [0.717, 1.165) is 23.1 Å². The molecule has 3 aromatic rings. The third-order valence-corrected chi connectivity index (χ3v) is 3.94. The van der Waals surface area contributed by atoms with Crippen LogP contribution in [0.15, 0.2) is 48.8 Å². The summed E-state index contributed by atoms with van der Waals surface area (Å²) in [6, 6.07) is 12.9. The molecule has 0 aliphatic carbocycles. The van der Waals surface area contributed by atoms with E-state index in [9.17, 15) is 0 Å². The van der Waals surface area contributed by atoms with Gasteiger partial charge in [-0.2, -0.15) is 0 Å². The molecule has 0 spiro atoms. The summed E-state index contributed by atoms with van der Waals surface area (Å²) >= 11 is 0. The second-order valence-corrected chi connectivity index (χ2v) is 5.76. The first-order valence-electron chi connectivity index (χ1n) is 7.40. The maximum absolute atomic E-state index is 5.83. The van der Waals surface area contributed by atoms with Gasteiger partial charge in [0, 0.05) is 30.9 Å².